The Labute approximate surface area is 151 Å². The molecule has 7 nitrogen and oxygen atoms in total. The maximum Gasteiger partial charge on any atom is 0.345 e. The highest BCUT2D eigenvalue weighted by Gasteiger charge is 2.13. The first-order valence-electron chi connectivity index (χ1n) is 8.15. The molecule has 0 aliphatic heterocycles. The first-order valence-corrected chi connectivity index (χ1v) is 8.97. The van der Waals surface area contributed by atoms with Crippen LogP contribution in [-0.2, 0) is 0 Å². The maximum atomic E-state index is 10.6. The minimum Gasteiger partial charge on any atom is -0.372 e. The Morgan fingerprint density at radius 2 is 1.92 bits per heavy atom. The van der Waals surface area contributed by atoms with Crippen LogP contribution in [0.3, 0.4) is 0 Å². The fourth-order valence-corrected chi connectivity index (χ4v) is 2.71. The molecule has 0 fully saturated rings. The average Bonchev–Trinajstić information content (AvgIpc) is 3.03. The predicted octanol–water partition coefficient (Wildman–Crippen LogP) is 5.73. The van der Waals surface area contributed by atoms with Crippen molar-refractivity contribution in [3.63, 3.8) is 0 Å². The molecule has 1 aromatic carbocycles. The van der Waals surface area contributed by atoms with E-state index in [4.69, 9.17) is 0 Å². The van der Waals surface area contributed by atoms with Crippen LogP contribution in [0.15, 0.2) is 40.7 Å². The Morgan fingerprint density at radius 3 is 2.44 bits per heavy atom. The predicted molar refractivity (Wildman–Crippen MR) is 101 cm³/mol. The minimum atomic E-state index is -0.484. The molecule has 0 bridgehead atoms. The van der Waals surface area contributed by atoms with E-state index in [2.05, 4.69) is 47.8 Å². The molecule has 0 saturated heterocycles. The van der Waals surface area contributed by atoms with Crippen molar-refractivity contribution in [1.29, 1.82) is 0 Å². The van der Waals surface area contributed by atoms with Crippen LogP contribution in [0.2, 0.25) is 0 Å². The second kappa shape index (κ2) is 8.15. The van der Waals surface area contributed by atoms with Crippen LogP contribution >= 0.6 is 11.3 Å². The van der Waals surface area contributed by atoms with E-state index in [1.165, 1.54) is 6.20 Å². The molecule has 0 atom stereocenters. The molecule has 25 heavy (non-hydrogen) atoms. The van der Waals surface area contributed by atoms with Crippen molar-refractivity contribution in [2.24, 2.45) is 15.6 Å². The fraction of sp³-hybridized carbons (Fsp3) is 0.471. The Bertz CT molecular complexity index is 734. The van der Waals surface area contributed by atoms with Gasteiger partial charge in [-0.05, 0) is 54.4 Å². The zero-order chi connectivity index (χ0) is 18.4. The summed E-state index contributed by atoms with van der Waals surface area (Å²) in [5.74, 6) is 0. The Kier molecular flexibility index (Phi) is 6.19. The van der Waals surface area contributed by atoms with E-state index in [1.807, 2.05) is 24.3 Å². The van der Waals surface area contributed by atoms with Gasteiger partial charge >= 0.3 is 5.00 Å². The summed E-state index contributed by atoms with van der Waals surface area (Å²) < 4.78 is 0. The summed E-state index contributed by atoms with van der Waals surface area (Å²) in [6, 6.07) is 7.82. The number of rotatable bonds is 7. The van der Waals surface area contributed by atoms with Gasteiger partial charge in [-0.15, -0.1) is 10.2 Å². The number of azo groups is 1. The van der Waals surface area contributed by atoms with Crippen molar-refractivity contribution in [2.75, 3.05) is 18.0 Å². The molecule has 0 amide bonds. The van der Waals surface area contributed by atoms with Crippen molar-refractivity contribution >= 4 is 32.8 Å². The van der Waals surface area contributed by atoms with Crippen LogP contribution in [0.4, 0.5) is 21.5 Å². The number of anilines is 1. The summed E-state index contributed by atoms with van der Waals surface area (Å²) in [6.45, 7) is 10.8. The number of benzene rings is 1. The number of thiazole rings is 1. The lowest BCUT2D eigenvalue weighted by molar-refractivity contribution is -0.380. The van der Waals surface area contributed by atoms with E-state index in [0.29, 0.717) is 11.1 Å². The first kappa shape index (κ1) is 19.0. The SMILES string of the molecule is CCN(CCC(C)(C)C)c1ccc(/N=N/c2ncc([N+](=O)[O-])s2)cc1. The van der Waals surface area contributed by atoms with E-state index >= 15 is 0 Å². The molecule has 1 aromatic heterocycles. The normalized spacial score (nSPS) is 11.8. The van der Waals surface area contributed by atoms with E-state index in [1.54, 1.807) is 0 Å². The van der Waals surface area contributed by atoms with Gasteiger partial charge in [0.1, 0.15) is 6.20 Å². The Balaban J connectivity index is 2.02. The van der Waals surface area contributed by atoms with Gasteiger partial charge in [0.25, 0.3) is 0 Å². The van der Waals surface area contributed by atoms with E-state index in [9.17, 15) is 10.1 Å². The third-order valence-corrected chi connectivity index (χ3v) is 4.47. The second-order valence-electron chi connectivity index (χ2n) is 6.84. The second-order valence-corrected chi connectivity index (χ2v) is 7.83. The Morgan fingerprint density at radius 1 is 1.24 bits per heavy atom. The quantitative estimate of drug-likeness (QED) is 0.358. The third-order valence-electron chi connectivity index (χ3n) is 3.64. The highest BCUT2D eigenvalue weighted by molar-refractivity contribution is 7.18. The van der Waals surface area contributed by atoms with Crippen molar-refractivity contribution in [3.05, 3.63) is 40.6 Å². The molecule has 0 aliphatic rings. The molecule has 0 saturated carbocycles. The van der Waals surface area contributed by atoms with Gasteiger partial charge in [-0.1, -0.05) is 20.8 Å². The monoisotopic (exact) mass is 361 g/mol. The van der Waals surface area contributed by atoms with Gasteiger partial charge in [0, 0.05) is 18.8 Å². The summed E-state index contributed by atoms with van der Waals surface area (Å²) >= 11 is 0.902. The van der Waals surface area contributed by atoms with Gasteiger partial charge in [0.05, 0.1) is 10.6 Å². The largest absolute Gasteiger partial charge is 0.372 e. The van der Waals surface area contributed by atoms with Crippen molar-refractivity contribution in [2.45, 2.75) is 34.1 Å². The number of nitrogens with zero attached hydrogens (tertiary/aromatic N) is 5. The van der Waals surface area contributed by atoms with Crippen LogP contribution in [0, 0.1) is 15.5 Å². The smallest absolute Gasteiger partial charge is 0.345 e. The molecule has 1 heterocycles. The zero-order valence-corrected chi connectivity index (χ0v) is 15.8. The van der Waals surface area contributed by atoms with Crippen LogP contribution in [0.25, 0.3) is 0 Å². The van der Waals surface area contributed by atoms with Crippen molar-refractivity contribution in [1.82, 2.24) is 4.98 Å². The molecular formula is C17H23N5O2S. The molecule has 134 valence electrons. The van der Waals surface area contributed by atoms with Gasteiger partial charge < -0.3 is 4.90 Å². The van der Waals surface area contributed by atoms with E-state index in [-0.39, 0.29) is 10.1 Å². The molecule has 8 heteroatoms. The summed E-state index contributed by atoms with van der Waals surface area (Å²) in [4.78, 5) is 16.3. The summed E-state index contributed by atoms with van der Waals surface area (Å²) in [7, 11) is 0. The Hall–Kier alpha value is -2.35. The summed E-state index contributed by atoms with van der Waals surface area (Å²) in [6.07, 6.45) is 2.31. The van der Waals surface area contributed by atoms with Crippen LogP contribution in [-0.4, -0.2) is 23.0 Å². The summed E-state index contributed by atoms with van der Waals surface area (Å²) in [5, 5.41) is 18.9. The molecule has 0 spiro atoms. The maximum absolute atomic E-state index is 10.6. The molecule has 2 aromatic rings. The summed E-state index contributed by atoms with van der Waals surface area (Å²) in [5.41, 5.74) is 2.14. The lowest BCUT2D eigenvalue weighted by atomic mass is 9.92. The molecular weight excluding hydrogens is 338 g/mol. The van der Waals surface area contributed by atoms with Crippen LogP contribution in [0.5, 0.6) is 0 Å². The van der Waals surface area contributed by atoms with Crippen molar-refractivity contribution in [3.8, 4) is 0 Å². The topological polar surface area (TPSA) is 84.0 Å². The lowest BCUT2D eigenvalue weighted by Gasteiger charge is -2.27. The fourth-order valence-electron chi connectivity index (χ4n) is 2.16. The van der Waals surface area contributed by atoms with Gasteiger partial charge in [0.2, 0.25) is 5.13 Å². The van der Waals surface area contributed by atoms with E-state index in [0.717, 1.165) is 36.5 Å². The highest BCUT2D eigenvalue weighted by atomic mass is 32.1. The molecule has 0 N–H and O–H groups in total. The van der Waals surface area contributed by atoms with Gasteiger partial charge in [-0.2, -0.15) is 0 Å². The van der Waals surface area contributed by atoms with E-state index < -0.39 is 4.92 Å². The molecule has 2 rings (SSSR count). The van der Waals surface area contributed by atoms with Crippen molar-refractivity contribution < 1.29 is 4.92 Å². The molecule has 0 unspecified atom stereocenters. The van der Waals surface area contributed by atoms with Gasteiger partial charge in [-0.25, -0.2) is 4.98 Å². The zero-order valence-electron chi connectivity index (χ0n) is 15.0. The van der Waals surface area contributed by atoms with Gasteiger partial charge in [-0.3, -0.25) is 10.1 Å². The third kappa shape index (κ3) is 5.90. The van der Waals surface area contributed by atoms with Gasteiger partial charge in [0.15, 0.2) is 0 Å². The first-order chi connectivity index (χ1) is 11.8. The van der Waals surface area contributed by atoms with Crippen LogP contribution in [0.1, 0.15) is 34.1 Å². The molecule has 0 radical (unpaired) electrons. The number of hydrogen-bond donors (Lipinski definition) is 0. The number of hydrogen-bond acceptors (Lipinski definition) is 7. The average molecular weight is 361 g/mol. The standard InChI is InChI=1S/C17H23N5O2S/c1-5-21(11-10-17(2,3)4)14-8-6-13(7-9-14)19-20-16-18-12-15(25-16)22(23)24/h6-9,12H,5,10-11H2,1-4H3/b20-19+. The number of aromatic nitrogens is 1. The number of nitro groups is 1. The highest BCUT2D eigenvalue weighted by Crippen LogP contribution is 2.29. The van der Waals surface area contributed by atoms with Crippen LogP contribution < -0.4 is 4.90 Å². The minimum absolute atomic E-state index is 0.0401. The molecule has 0 aliphatic carbocycles. The lowest BCUT2D eigenvalue weighted by Crippen LogP contribution is -2.27.